The van der Waals surface area contributed by atoms with Crippen LogP contribution in [0.5, 0.6) is 0 Å². The number of benzene rings is 1. The van der Waals surface area contributed by atoms with Crippen LogP contribution in [0, 0.1) is 19.8 Å². The third kappa shape index (κ3) is 7.08. The molecule has 5 nitrogen and oxygen atoms in total. The molecule has 0 unspecified atom stereocenters. The minimum absolute atomic E-state index is 0.0241. The van der Waals surface area contributed by atoms with E-state index < -0.39 is 5.97 Å². The van der Waals surface area contributed by atoms with Crippen molar-refractivity contribution in [3.05, 3.63) is 34.9 Å². The van der Waals surface area contributed by atoms with Gasteiger partial charge in [-0.2, -0.15) is 0 Å². The van der Waals surface area contributed by atoms with Crippen LogP contribution in [0.3, 0.4) is 0 Å². The Bertz CT molecular complexity index is 578. The van der Waals surface area contributed by atoms with Crippen LogP contribution in [0.4, 0.5) is 0 Å². The van der Waals surface area contributed by atoms with E-state index in [9.17, 15) is 14.4 Å². The van der Waals surface area contributed by atoms with Gasteiger partial charge in [-0.3, -0.25) is 14.4 Å². The van der Waals surface area contributed by atoms with Crippen molar-refractivity contribution in [3.63, 3.8) is 0 Å². The number of carbonyl (C=O) groups excluding carboxylic acids is 3. The Morgan fingerprint density at radius 3 is 2.48 bits per heavy atom. The first kappa shape index (κ1) is 18.9. The van der Waals surface area contributed by atoms with E-state index in [1.54, 1.807) is 0 Å². The highest BCUT2D eigenvalue weighted by molar-refractivity contribution is 5.99. The van der Waals surface area contributed by atoms with Gasteiger partial charge in [-0.25, -0.2) is 0 Å². The van der Waals surface area contributed by atoms with E-state index in [0.29, 0.717) is 18.0 Å². The lowest BCUT2D eigenvalue weighted by Gasteiger charge is -2.09. The molecule has 0 saturated heterocycles. The molecule has 0 heterocycles. The number of nitrogens with one attached hydrogen (secondary N) is 1. The van der Waals surface area contributed by atoms with Crippen LogP contribution in [0.15, 0.2) is 18.2 Å². The smallest absolute Gasteiger partial charge is 0.306 e. The Morgan fingerprint density at radius 2 is 1.83 bits per heavy atom. The minimum atomic E-state index is -0.539. The molecule has 1 N–H and O–H groups in total. The number of aryl methyl sites for hydroxylation is 2. The number of amides is 1. The Balaban J connectivity index is 2.37. The van der Waals surface area contributed by atoms with Crippen LogP contribution in [0.2, 0.25) is 0 Å². The van der Waals surface area contributed by atoms with Crippen molar-refractivity contribution < 1.29 is 19.1 Å². The number of ether oxygens (including phenoxy) is 1. The molecule has 0 saturated carbocycles. The average molecular weight is 319 g/mol. The third-order valence-corrected chi connectivity index (χ3v) is 3.32. The Labute approximate surface area is 137 Å². The number of hydrogen-bond acceptors (Lipinski definition) is 4. The molecule has 0 aliphatic rings. The summed E-state index contributed by atoms with van der Waals surface area (Å²) in [5.41, 5.74) is 2.53. The first-order valence-corrected chi connectivity index (χ1v) is 7.82. The minimum Gasteiger partial charge on any atom is -0.456 e. The second-order valence-corrected chi connectivity index (χ2v) is 6.10. The van der Waals surface area contributed by atoms with Crippen LogP contribution >= 0.6 is 0 Å². The molecular formula is C18H25NO4. The van der Waals surface area contributed by atoms with Crippen LogP contribution < -0.4 is 5.32 Å². The van der Waals surface area contributed by atoms with Gasteiger partial charge in [-0.1, -0.05) is 31.5 Å². The molecule has 1 amide bonds. The fourth-order valence-electron chi connectivity index (χ4n) is 1.97. The van der Waals surface area contributed by atoms with Crippen molar-refractivity contribution >= 4 is 17.7 Å². The maximum Gasteiger partial charge on any atom is 0.306 e. The van der Waals surface area contributed by atoms with E-state index in [1.807, 2.05) is 45.9 Å². The fourth-order valence-corrected chi connectivity index (χ4v) is 1.97. The van der Waals surface area contributed by atoms with Crippen LogP contribution in [-0.4, -0.2) is 30.8 Å². The summed E-state index contributed by atoms with van der Waals surface area (Å²) in [4.78, 5) is 35.2. The molecule has 0 radical (unpaired) electrons. The van der Waals surface area contributed by atoms with Gasteiger partial charge < -0.3 is 10.1 Å². The molecule has 0 aliphatic carbocycles. The summed E-state index contributed by atoms with van der Waals surface area (Å²) in [5, 5.41) is 2.66. The lowest BCUT2D eigenvalue weighted by molar-refractivity contribution is -0.148. The van der Waals surface area contributed by atoms with Crippen molar-refractivity contribution in [1.29, 1.82) is 0 Å². The molecule has 0 bridgehead atoms. The highest BCUT2D eigenvalue weighted by atomic mass is 16.5. The highest BCUT2D eigenvalue weighted by Crippen LogP contribution is 2.14. The van der Waals surface area contributed by atoms with E-state index in [1.165, 1.54) is 0 Å². The Morgan fingerprint density at radius 1 is 1.13 bits per heavy atom. The van der Waals surface area contributed by atoms with Crippen LogP contribution in [0.25, 0.3) is 0 Å². The molecule has 5 heteroatoms. The lowest BCUT2D eigenvalue weighted by Crippen LogP contribution is -2.31. The second kappa shape index (κ2) is 9.08. The van der Waals surface area contributed by atoms with Crippen LogP contribution in [-0.2, 0) is 14.3 Å². The zero-order chi connectivity index (χ0) is 17.4. The van der Waals surface area contributed by atoms with E-state index in [0.717, 1.165) is 11.1 Å². The first-order valence-electron chi connectivity index (χ1n) is 7.82. The van der Waals surface area contributed by atoms with Crippen molar-refractivity contribution in [2.45, 2.75) is 40.5 Å². The molecule has 0 atom stereocenters. The third-order valence-electron chi connectivity index (χ3n) is 3.32. The van der Waals surface area contributed by atoms with E-state index in [-0.39, 0.29) is 31.1 Å². The van der Waals surface area contributed by atoms with E-state index in [2.05, 4.69) is 5.32 Å². The van der Waals surface area contributed by atoms with Gasteiger partial charge in [-0.05, 0) is 31.4 Å². The predicted octanol–water partition coefficient (Wildman–Crippen LogP) is 2.58. The molecule has 0 fully saturated rings. The number of rotatable bonds is 8. The van der Waals surface area contributed by atoms with Gasteiger partial charge in [0.05, 0.1) is 6.42 Å². The van der Waals surface area contributed by atoms with Gasteiger partial charge in [-0.15, -0.1) is 0 Å². The zero-order valence-electron chi connectivity index (χ0n) is 14.3. The molecule has 1 rings (SSSR count). The quantitative estimate of drug-likeness (QED) is 0.590. The van der Waals surface area contributed by atoms with Crippen molar-refractivity contribution in [2.24, 2.45) is 5.92 Å². The molecule has 0 spiro atoms. The molecule has 0 aliphatic heterocycles. The summed E-state index contributed by atoms with van der Waals surface area (Å²) in [6.07, 6.45) is 0.0560. The highest BCUT2D eigenvalue weighted by Gasteiger charge is 2.13. The number of Topliss-reactive ketones (excluding diaryl/α,β-unsaturated/α-hetero) is 1. The van der Waals surface area contributed by atoms with Gasteiger partial charge in [0, 0.05) is 18.5 Å². The average Bonchev–Trinajstić information content (AvgIpc) is 2.50. The molecule has 1 aromatic rings. The summed E-state index contributed by atoms with van der Waals surface area (Å²) in [7, 11) is 0. The van der Waals surface area contributed by atoms with Crippen molar-refractivity contribution in [2.75, 3.05) is 13.2 Å². The second-order valence-electron chi connectivity index (χ2n) is 6.10. The van der Waals surface area contributed by atoms with Gasteiger partial charge >= 0.3 is 5.97 Å². The summed E-state index contributed by atoms with van der Waals surface area (Å²) in [6, 6.07) is 5.65. The number of carbonyl (C=O) groups is 3. The Hall–Kier alpha value is -2.17. The molecule has 1 aromatic carbocycles. The summed E-state index contributed by atoms with van der Waals surface area (Å²) < 4.78 is 4.87. The lowest BCUT2D eigenvalue weighted by atomic mass is 9.99. The number of ketones is 1. The first-order chi connectivity index (χ1) is 10.8. The maximum absolute atomic E-state index is 12.2. The van der Waals surface area contributed by atoms with Crippen molar-refractivity contribution in [1.82, 2.24) is 5.32 Å². The standard InChI is InChI=1S/C18H25NO4/c1-12(2)10-19-17(21)11-23-18(22)8-7-16(20)15-9-13(3)5-6-14(15)4/h5-6,9,12H,7-8,10-11H2,1-4H3,(H,19,21). The maximum atomic E-state index is 12.2. The number of hydrogen-bond donors (Lipinski definition) is 1. The Kier molecular flexibility index (Phi) is 7.45. The van der Waals surface area contributed by atoms with Gasteiger partial charge in [0.1, 0.15) is 0 Å². The van der Waals surface area contributed by atoms with Gasteiger partial charge in [0.15, 0.2) is 12.4 Å². The van der Waals surface area contributed by atoms with Gasteiger partial charge in [0.2, 0.25) is 0 Å². The topological polar surface area (TPSA) is 72.5 Å². The SMILES string of the molecule is Cc1ccc(C)c(C(=O)CCC(=O)OCC(=O)NCC(C)C)c1. The van der Waals surface area contributed by atoms with Crippen LogP contribution in [0.1, 0.15) is 48.2 Å². The summed E-state index contributed by atoms with van der Waals surface area (Å²) >= 11 is 0. The predicted molar refractivity (Wildman–Crippen MR) is 88.3 cm³/mol. The van der Waals surface area contributed by atoms with Crippen molar-refractivity contribution in [3.8, 4) is 0 Å². The summed E-state index contributed by atoms with van der Waals surface area (Å²) in [5.74, 6) is -0.617. The van der Waals surface area contributed by atoms with E-state index >= 15 is 0 Å². The molecule has 126 valence electrons. The largest absolute Gasteiger partial charge is 0.456 e. The normalized spacial score (nSPS) is 10.5. The molecular weight excluding hydrogens is 294 g/mol. The summed E-state index contributed by atoms with van der Waals surface area (Å²) in [6.45, 7) is 7.98. The number of esters is 1. The van der Waals surface area contributed by atoms with Gasteiger partial charge in [0.25, 0.3) is 5.91 Å². The molecule has 23 heavy (non-hydrogen) atoms. The zero-order valence-corrected chi connectivity index (χ0v) is 14.3. The van der Waals surface area contributed by atoms with E-state index in [4.69, 9.17) is 4.74 Å². The monoisotopic (exact) mass is 319 g/mol. The fraction of sp³-hybridized carbons (Fsp3) is 0.500. The molecule has 0 aromatic heterocycles.